The summed E-state index contributed by atoms with van der Waals surface area (Å²) in [6, 6.07) is 8.15. The Bertz CT molecular complexity index is 366. The molecule has 1 heterocycles. The van der Waals surface area contributed by atoms with Gasteiger partial charge in [-0.1, -0.05) is 29.8 Å². The van der Waals surface area contributed by atoms with Crippen LogP contribution in [0.3, 0.4) is 0 Å². The van der Waals surface area contributed by atoms with E-state index < -0.39 is 12.5 Å². The monoisotopic (exact) mass is 254 g/mol. The zero-order chi connectivity index (χ0) is 13.0. The number of rotatable bonds is 5. The van der Waals surface area contributed by atoms with Crippen molar-refractivity contribution in [3.63, 3.8) is 0 Å². The molecule has 1 saturated heterocycles. The predicted octanol–water partition coefficient (Wildman–Crippen LogP) is 2.61. The van der Waals surface area contributed by atoms with Gasteiger partial charge in [-0.15, -0.1) is 0 Å². The Labute approximate surface area is 107 Å². The first-order chi connectivity index (χ1) is 8.69. The van der Waals surface area contributed by atoms with Gasteiger partial charge in [0.15, 0.2) is 12.5 Å². The standard InChI is InChI=1S/C14H19FO3/c1-10-3-5-11(6-4-10)8-17-9-12-7-13(15)14(16-2)18-12/h3-6,12-14H,7-9H2,1-2H3. The van der Waals surface area contributed by atoms with Gasteiger partial charge in [0, 0.05) is 13.5 Å². The van der Waals surface area contributed by atoms with E-state index in [0.29, 0.717) is 19.6 Å². The number of ether oxygens (including phenoxy) is 3. The normalized spacial score (nSPS) is 27.6. The maximum Gasteiger partial charge on any atom is 0.188 e. The van der Waals surface area contributed by atoms with Crippen LogP contribution in [0.25, 0.3) is 0 Å². The van der Waals surface area contributed by atoms with Crippen LogP contribution < -0.4 is 0 Å². The SMILES string of the molecule is COC1OC(COCc2ccc(C)cc2)CC1F. The van der Waals surface area contributed by atoms with E-state index in [4.69, 9.17) is 14.2 Å². The lowest BCUT2D eigenvalue weighted by atomic mass is 10.2. The third kappa shape index (κ3) is 3.51. The Balaban J connectivity index is 1.71. The summed E-state index contributed by atoms with van der Waals surface area (Å²) < 4.78 is 29.1. The van der Waals surface area contributed by atoms with Crippen LogP contribution in [0, 0.1) is 6.92 Å². The molecule has 3 nitrogen and oxygen atoms in total. The number of methoxy groups -OCH3 is 1. The number of hydrogen-bond acceptors (Lipinski definition) is 3. The third-order valence-electron chi connectivity index (χ3n) is 3.04. The van der Waals surface area contributed by atoms with Gasteiger partial charge >= 0.3 is 0 Å². The average Bonchev–Trinajstić information content (AvgIpc) is 2.72. The van der Waals surface area contributed by atoms with Crippen LogP contribution in [-0.4, -0.2) is 32.3 Å². The number of alkyl halides is 1. The van der Waals surface area contributed by atoms with E-state index in [2.05, 4.69) is 0 Å². The maximum absolute atomic E-state index is 13.3. The molecular formula is C14H19FO3. The third-order valence-corrected chi connectivity index (χ3v) is 3.04. The minimum Gasteiger partial charge on any atom is -0.374 e. The van der Waals surface area contributed by atoms with Crippen molar-refractivity contribution in [3.8, 4) is 0 Å². The molecule has 0 saturated carbocycles. The zero-order valence-corrected chi connectivity index (χ0v) is 10.8. The average molecular weight is 254 g/mol. The first kappa shape index (κ1) is 13.5. The van der Waals surface area contributed by atoms with E-state index >= 15 is 0 Å². The second kappa shape index (κ2) is 6.27. The summed E-state index contributed by atoms with van der Waals surface area (Å²) in [6.45, 7) is 2.96. The second-order valence-electron chi connectivity index (χ2n) is 4.61. The van der Waals surface area contributed by atoms with Crippen molar-refractivity contribution in [1.82, 2.24) is 0 Å². The summed E-state index contributed by atoms with van der Waals surface area (Å²) in [5.74, 6) is 0. The molecule has 1 aromatic rings. The molecule has 1 aliphatic rings. The van der Waals surface area contributed by atoms with Gasteiger partial charge in [-0.05, 0) is 12.5 Å². The van der Waals surface area contributed by atoms with Gasteiger partial charge in [0.25, 0.3) is 0 Å². The lowest BCUT2D eigenvalue weighted by Gasteiger charge is -2.12. The molecule has 1 fully saturated rings. The Morgan fingerprint density at radius 2 is 2.06 bits per heavy atom. The van der Waals surface area contributed by atoms with E-state index in [-0.39, 0.29) is 6.10 Å². The number of benzene rings is 1. The first-order valence-corrected chi connectivity index (χ1v) is 6.14. The largest absolute Gasteiger partial charge is 0.374 e. The van der Waals surface area contributed by atoms with Crippen LogP contribution in [-0.2, 0) is 20.8 Å². The van der Waals surface area contributed by atoms with Crippen molar-refractivity contribution in [2.24, 2.45) is 0 Å². The fourth-order valence-corrected chi connectivity index (χ4v) is 2.00. The molecule has 18 heavy (non-hydrogen) atoms. The molecule has 4 heteroatoms. The van der Waals surface area contributed by atoms with E-state index in [1.807, 2.05) is 31.2 Å². The summed E-state index contributed by atoms with van der Waals surface area (Å²) in [4.78, 5) is 0. The molecule has 3 unspecified atom stereocenters. The van der Waals surface area contributed by atoms with E-state index in [0.717, 1.165) is 5.56 Å². The summed E-state index contributed by atoms with van der Waals surface area (Å²) in [5.41, 5.74) is 2.33. The molecule has 100 valence electrons. The molecule has 0 bridgehead atoms. The Hall–Kier alpha value is -0.970. The van der Waals surface area contributed by atoms with Crippen molar-refractivity contribution in [1.29, 1.82) is 0 Å². The van der Waals surface area contributed by atoms with Crippen LogP contribution in [0.2, 0.25) is 0 Å². The minimum absolute atomic E-state index is 0.213. The number of hydrogen-bond donors (Lipinski definition) is 0. The maximum atomic E-state index is 13.3. The smallest absolute Gasteiger partial charge is 0.188 e. The van der Waals surface area contributed by atoms with Gasteiger partial charge < -0.3 is 14.2 Å². The Kier molecular flexibility index (Phi) is 4.69. The van der Waals surface area contributed by atoms with Gasteiger partial charge in [0.05, 0.1) is 19.3 Å². The molecule has 0 aromatic heterocycles. The fraction of sp³-hybridized carbons (Fsp3) is 0.571. The summed E-state index contributed by atoms with van der Waals surface area (Å²) in [6.07, 6.45) is -1.66. The minimum atomic E-state index is -1.05. The molecule has 0 amide bonds. The van der Waals surface area contributed by atoms with Gasteiger partial charge in [-0.2, -0.15) is 0 Å². The molecular weight excluding hydrogens is 235 g/mol. The van der Waals surface area contributed by atoms with Crippen LogP contribution in [0.1, 0.15) is 17.5 Å². The summed E-state index contributed by atoms with van der Waals surface area (Å²) in [5, 5.41) is 0. The lowest BCUT2D eigenvalue weighted by Crippen LogP contribution is -2.20. The fourth-order valence-electron chi connectivity index (χ4n) is 2.00. The first-order valence-electron chi connectivity index (χ1n) is 6.14. The van der Waals surface area contributed by atoms with E-state index in [9.17, 15) is 4.39 Å². The lowest BCUT2D eigenvalue weighted by molar-refractivity contribution is -0.145. The van der Waals surface area contributed by atoms with Crippen LogP contribution >= 0.6 is 0 Å². The summed E-state index contributed by atoms with van der Waals surface area (Å²) in [7, 11) is 1.45. The van der Waals surface area contributed by atoms with Gasteiger partial charge in [0.2, 0.25) is 0 Å². The second-order valence-corrected chi connectivity index (χ2v) is 4.61. The van der Waals surface area contributed by atoms with Crippen molar-refractivity contribution in [3.05, 3.63) is 35.4 Å². The topological polar surface area (TPSA) is 27.7 Å². The quantitative estimate of drug-likeness (QED) is 0.808. The van der Waals surface area contributed by atoms with Gasteiger partial charge in [-0.3, -0.25) is 0 Å². The molecule has 1 aliphatic heterocycles. The summed E-state index contributed by atoms with van der Waals surface area (Å²) >= 11 is 0. The molecule has 0 aliphatic carbocycles. The van der Waals surface area contributed by atoms with Crippen LogP contribution in [0.4, 0.5) is 4.39 Å². The highest BCUT2D eigenvalue weighted by molar-refractivity contribution is 5.20. The van der Waals surface area contributed by atoms with Crippen molar-refractivity contribution < 1.29 is 18.6 Å². The predicted molar refractivity (Wildman–Crippen MR) is 66.0 cm³/mol. The molecule has 0 N–H and O–H groups in total. The van der Waals surface area contributed by atoms with Crippen molar-refractivity contribution in [2.75, 3.05) is 13.7 Å². The highest BCUT2D eigenvalue weighted by atomic mass is 19.1. The van der Waals surface area contributed by atoms with Gasteiger partial charge in [-0.25, -0.2) is 4.39 Å². The van der Waals surface area contributed by atoms with Crippen LogP contribution in [0.15, 0.2) is 24.3 Å². The van der Waals surface area contributed by atoms with Gasteiger partial charge in [0.1, 0.15) is 0 Å². The Morgan fingerprint density at radius 1 is 1.33 bits per heavy atom. The Morgan fingerprint density at radius 3 is 2.67 bits per heavy atom. The van der Waals surface area contributed by atoms with Crippen molar-refractivity contribution >= 4 is 0 Å². The molecule has 3 atom stereocenters. The molecule has 0 spiro atoms. The van der Waals surface area contributed by atoms with E-state index in [1.165, 1.54) is 12.7 Å². The highest BCUT2D eigenvalue weighted by Crippen LogP contribution is 2.24. The van der Waals surface area contributed by atoms with Crippen LogP contribution in [0.5, 0.6) is 0 Å². The molecule has 2 rings (SSSR count). The van der Waals surface area contributed by atoms with E-state index in [1.54, 1.807) is 0 Å². The number of aryl methyl sites for hydroxylation is 1. The highest BCUT2D eigenvalue weighted by Gasteiger charge is 2.35. The van der Waals surface area contributed by atoms with Crippen molar-refractivity contribution in [2.45, 2.75) is 38.5 Å². The zero-order valence-electron chi connectivity index (χ0n) is 10.8. The number of halogens is 1. The molecule has 0 radical (unpaired) electrons. The molecule has 1 aromatic carbocycles.